The molecule has 0 aliphatic carbocycles. The van der Waals surface area contributed by atoms with Crippen LogP contribution in [0.3, 0.4) is 0 Å². The molecule has 0 saturated carbocycles. The maximum atomic E-state index is 13.4. The van der Waals surface area contributed by atoms with Gasteiger partial charge in [0.1, 0.15) is 18.4 Å². The summed E-state index contributed by atoms with van der Waals surface area (Å²) in [6, 6.07) is 17.2. The van der Waals surface area contributed by atoms with Gasteiger partial charge in [-0.15, -0.1) is 0 Å². The van der Waals surface area contributed by atoms with Crippen LogP contribution in [0.1, 0.15) is 45.6 Å². The molecule has 0 aromatic heterocycles. The average molecular weight is 540 g/mol. The van der Waals surface area contributed by atoms with Gasteiger partial charge in [-0.05, 0) is 41.9 Å². The first-order valence-electron chi connectivity index (χ1n) is 12.9. The van der Waals surface area contributed by atoms with Crippen molar-refractivity contribution in [2.45, 2.75) is 64.1 Å². The number of hydrogen-bond donors (Lipinski definition) is 2. The Morgan fingerprint density at radius 1 is 1.00 bits per heavy atom. The summed E-state index contributed by atoms with van der Waals surface area (Å²) in [6.07, 6.45) is 1.32. The molecule has 0 bridgehead atoms. The number of carbonyl (C=O) groups is 3. The molecular weight excluding hydrogens is 502 g/mol. The number of carbonyl (C=O) groups excluding carboxylic acids is 3. The molecule has 0 fully saturated rings. The number of hydrogen-bond acceptors (Lipinski definition) is 7. The number of nitrogens with one attached hydrogen (secondary N) is 2. The molecule has 2 unspecified atom stereocenters. The zero-order valence-electron chi connectivity index (χ0n) is 22.4. The SMILES string of the molecule is CCCC(NC(=O)C(CC(C)C)NC(=O)OCc1ccccc1)C1=CS[C@@H](C(=O)Oc2ccccc2)N1C. The molecule has 3 rings (SSSR count). The lowest BCUT2D eigenvalue weighted by atomic mass is 10.0. The molecular formula is C29H37N3O5S. The summed E-state index contributed by atoms with van der Waals surface area (Å²) in [4.78, 5) is 40.5. The number of para-hydroxylation sites is 1. The molecule has 1 aliphatic rings. The summed E-state index contributed by atoms with van der Waals surface area (Å²) in [6.45, 7) is 6.14. The van der Waals surface area contributed by atoms with Crippen LogP contribution < -0.4 is 15.4 Å². The van der Waals surface area contributed by atoms with Crippen molar-refractivity contribution in [3.05, 3.63) is 77.3 Å². The van der Waals surface area contributed by atoms with E-state index >= 15 is 0 Å². The van der Waals surface area contributed by atoms with E-state index in [1.807, 2.05) is 86.7 Å². The van der Waals surface area contributed by atoms with E-state index < -0.39 is 17.5 Å². The molecule has 2 aromatic rings. The Hall–Kier alpha value is -3.46. The molecule has 1 aliphatic heterocycles. The van der Waals surface area contributed by atoms with Gasteiger partial charge in [-0.25, -0.2) is 9.59 Å². The lowest BCUT2D eigenvalue weighted by Gasteiger charge is -2.30. The lowest BCUT2D eigenvalue weighted by Crippen LogP contribution is -2.52. The van der Waals surface area contributed by atoms with Crippen LogP contribution in [0, 0.1) is 5.92 Å². The van der Waals surface area contributed by atoms with Gasteiger partial charge in [0.25, 0.3) is 0 Å². The summed E-state index contributed by atoms with van der Waals surface area (Å²) in [5.74, 6) is -0.00793. The maximum Gasteiger partial charge on any atom is 0.408 e. The van der Waals surface area contributed by atoms with E-state index in [-0.39, 0.29) is 30.4 Å². The molecule has 0 spiro atoms. The number of nitrogens with zero attached hydrogens (tertiary/aromatic N) is 1. The summed E-state index contributed by atoms with van der Waals surface area (Å²) in [5.41, 5.74) is 1.69. The molecule has 1 heterocycles. The first-order chi connectivity index (χ1) is 18.3. The van der Waals surface area contributed by atoms with Crippen molar-refractivity contribution in [1.82, 2.24) is 15.5 Å². The number of amides is 2. The van der Waals surface area contributed by atoms with Gasteiger partial charge in [-0.2, -0.15) is 0 Å². The summed E-state index contributed by atoms with van der Waals surface area (Å²) in [5, 5.41) is 7.18. The molecule has 38 heavy (non-hydrogen) atoms. The van der Waals surface area contributed by atoms with Crippen molar-refractivity contribution in [1.29, 1.82) is 0 Å². The third-order valence-electron chi connectivity index (χ3n) is 6.02. The van der Waals surface area contributed by atoms with Gasteiger partial charge in [-0.1, -0.05) is 87.5 Å². The molecule has 0 radical (unpaired) electrons. The van der Waals surface area contributed by atoms with Gasteiger partial charge in [0.15, 0.2) is 5.37 Å². The smallest absolute Gasteiger partial charge is 0.408 e. The molecule has 204 valence electrons. The van der Waals surface area contributed by atoms with Crippen molar-refractivity contribution in [3.8, 4) is 5.75 Å². The number of ether oxygens (including phenoxy) is 2. The van der Waals surface area contributed by atoms with E-state index in [0.717, 1.165) is 17.7 Å². The van der Waals surface area contributed by atoms with E-state index in [4.69, 9.17) is 9.47 Å². The predicted octanol–water partition coefficient (Wildman–Crippen LogP) is 5.06. The lowest BCUT2D eigenvalue weighted by molar-refractivity contribution is -0.136. The highest BCUT2D eigenvalue weighted by molar-refractivity contribution is 8.03. The standard InChI is InChI=1S/C29H37N3O5S/c1-5-12-23(25-19-38-27(32(25)4)28(34)37-22-15-10-7-11-16-22)30-26(33)24(17-20(2)3)31-29(35)36-18-21-13-8-6-9-14-21/h6-11,13-16,19-20,23-24,27H,5,12,17-18H2,1-4H3,(H,30,33)(H,31,35)/t23?,24?,27-/m0/s1. The van der Waals surface area contributed by atoms with Crippen molar-refractivity contribution >= 4 is 29.7 Å². The third kappa shape index (κ3) is 8.55. The van der Waals surface area contributed by atoms with Gasteiger partial charge < -0.3 is 25.0 Å². The minimum absolute atomic E-state index is 0.122. The fourth-order valence-electron chi connectivity index (χ4n) is 4.11. The average Bonchev–Trinajstić information content (AvgIpc) is 3.29. The molecule has 2 amide bonds. The van der Waals surface area contributed by atoms with Gasteiger partial charge >= 0.3 is 12.1 Å². The Morgan fingerprint density at radius 2 is 1.66 bits per heavy atom. The third-order valence-corrected chi connectivity index (χ3v) is 7.16. The first-order valence-corrected chi connectivity index (χ1v) is 13.9. The van der Waals surface area contributed by atoms with Crippen molar-refractivity contribution in [3.63, 3.8) is 0 Å². The first kappa shape index (κ1) is 29.1. The topological polar surface area (TPSA) is 97.0 Å². The van der Waals surface area contributed by atoms with E-state index in [9.17, 15) is 14.4 Å². The highest BCUT2D eigenvalue weighted by Crippen LogP contribution is 2.33. The molecule has 3 atom stereocenters. The maximum absolute atomic E-state index is 13.4. The molecule has 2 N–H and O–H groups in total. The van der Waals surface area contributed by atoms with E-state index in [1.54, 1.807) is 12.1 Å². The van der Waals surface area contributed by atoms with Gasteiger partial charge in [0.2, 0.25) is 5.91 Å². The second kappa shape index (κ2) is 14.5. The van der Waals surface area contributed by atoms with Crippen molar-refractivity contribution in [2.75, 3.05) is 7.05 Å². The van der Waals surface area contributed by atoms with Crippen LogP contribution in [-0.2, 0) is 20.9 Å². The van der Waals surface area contributed by atoms with Crippen LogP contribution in [-0.4, -0.2) is 47.4 Å². The van der Waals surface area contributed by atoms with Crippen LogP contribution >= 0.6 is 11.8 Å². The second-order valence-corrected chi connectivity index (χ2v) is 10.6. The molecule has 8 nitrogen and oxygen atoms in total. The summed E-state index contributed by atoms with van der Waals surface area (Å²) in [7, 11) is 1.82. The van der Waals surface area contributed by atoms with Gasteiger partial charge in [-0.3, -0.25) is 4.79 Å². The summed E-state index contributed by atoms with van der Waals surface area (Å²) < 4.78 is 10.9. The Balaban J connectivity index is 1.62. The minimum atomic E-state index is -0.753. The van der Waals surface area contributed by atoms with Crippen LogP contribution in [0.5, 0.6) is 5.75 Å². The van der Waals surface area contributed by atoms with Crippen LogP contribution in [0.2, 0.25) is 0 Å². The Bertz CT molecular complexity index is 1090. The minimum Gasteiger partial charge on any atom is -0.445 e. The Labute approximate surface area is 229 Å². The summed E-state index contributed by atoms with van der Waals surface area (Å²) >= 11 is 1.35. The van der Waals surface area contributed by atoms with E-state index in [1.165, 1.54) is 11.8 Å². The zero-order valence-corrected chi connectivity index (χ0v) is 23.2. The number of thioether (sulfide) groups is 1. The highest BCUT2D eigenvalue weighted by Gasteiger charge is 2.36. The van der Waals surface area contributed by atoms with Crippen LogP contribution in [0.4, 0.5) is 4.79 Å². The zero-order chi connectivity index (χ0) is 27.5. The molecule has 9 heteroatoms. The Morgan fingerprint density at radius 3 is 2.29 bits per heavy atom. The number of esters is 1. The number of likely N-dealkylation sites (N-methyl/N-ethyl adjacent to an activating group) is 1. The normalized spacial score (nSPS) is 16.4. The van der Waals surface area contributed by atoms with Crippen molar-refractivity contribution < 1.29 is 23.9 Å². The van der Waals surface area contributed by atoms with Crippen molar-refractivity contribution in [2.24, 2.45) is 5.92 Å². The van der Waals surface area contributed by atoms with Crippen LogP contribution in [0.25, 0.3) is 0 Å². The van der Waals surface area contributed by atoms with Crippen LogP contribution in [0.15, 0.2) is 71.8 Å². The molecule has 2 aromatic carbocycles. The quantitative estimate of drug-likeness (QED) is 0.287. The second-order valence-electron chi connectivity index (χ2n) is 9.61. The van der Waals surface area contributed by atoms with E-state index in [2.05, 4.69) is 10.6 Å². The van der Waals surface area contributed by atoms with Gasteiger partial charge in [0.05, 0.1) is 6.04 Å². The Kier molecular flexibility index (Phi) is 11.1. The number of rotatable bonds is 12. The fourth-order valence-corrected chi connectivity index (χ4v) is 5.17. The van der Waals surface area contributed by atoms with E-state index in [0.29, 0.717) is 18.6 Å². The monoisotopic (exact) mass is 539 g/mol. The molecule has 0 saturated heterocycles. The fraction of sp³-hybridized carbons (Fsp3) is 0.414. The largest absolute Gasteiger partial charge is 0.445 e. The van der Waals surface area contributed by atoms with Gasteiger partial charge in [0, 0.05) is 12.7 Å². The number of alkyl carbamates (subject to hydrolysis) is 1. The predicted molar refractivity (Wildman–Crippen MR) is 149 cm³/mol. The number of benzene rings is 2. The highest BCUT2D eigenvalue weighted by atomic mass is 32.2.